The lowest BCUT2D eigenvalue weighted by Crippen LogP contribution is -2.18. The minimum Gasteiger partial charge on any atom is -0.399 e. The Labute approximate surface area is 67.6 Å². The molecule has 11 heavy (non-hydrogen) atoms. The fourth-order valence-electron chi connectivity index (χ4n) is 0.453. The zero-order valence-corrected chi connectivity index (χ0v) is 6.99. The van der Waals surface area contributed by atoms with E-state index in [0.29, 0.717) is 0 Å². The summed E-state index contributed by atoms with van der Waals surface area (Å²) in [5, 5.41) is 1.50. The third-order valence-corrected chi connectivity index (χ3v) is 0.800. The van der Waals surface area contributed by atoms with Crippen molar-refractivity contribution in [2.24, 2.45) is 5.84 Å². The van der Waals surface area contributed by atoms with E-state index in [0.717, 1.165) is 5.69 Å². The number of benzene rings is 1. The molecule has 0 unspecified atom stereocenters. The molecule has 0 aliphatic heterocycles. The van der Waals surface area contributed by atoms with Gasteiger partial charge >= 0.3 is 0 Å². The molecule has 0 heterocycles. The molecule has 0 aliphatic rings. The van der Waals surface area contributed by atoms with Gasteiger partial charge in [-0.2, -0.15) is 0 Å². The molecule has 1 rings (SSSR count). The number of rotatable bonds is 0. The summed E-state index contributed by atoms with van der Waals surface area (Å²) in [6.45, 7) is 0. The maximum absolute atomic E-state index is 5.36. The largest absolute Gasteiger partial charge is 0.399 e. The van der Waals surface area contributed by atoms with E-state index >= 15 is 0 Å². The Morgan fingerprint density at radius 1 is 1.09 bits per heavy atom. The first kappa shape index (κ1) is 9.94. The highest BCUT2D eigenvalue weighted by Gasteiger charge is 1.72. The van der Waals surface area contributed by atoms with Gasteiger partial charge in [0.2, 0.25) is 0 Å². The highest BCUT2D eigenvalue weighted by Crippen LogP contribution is 1.95. The molecule has 0 fully saturated rings. The van der Waals surface area contributed by atoms with E-state index in [1.807, 2.05) is 30.3 Å². The summed E-state index contributed by atoms with van der Waals surface area (Å²) in [4.78, 5) is 0. The molecule has 3 heteroatoms. The molecule has 1 aromatic rings. The number of anilines is 1. The number of nitrogens with zero attached hydrogens (tertiary/aromatic N) is 1. The smallest absolute Gasteiger partial charge is 0.0313 e. The summed E-state index contributed by atoms with van der Waals surface area (Å²) < 4.78 is 0. The van der Waals surface area contributed by atoms with Crippen LogP contribution in [-0.2, 0) is 0 Å². The Morgan fingerprint density at radius 2 is 1.45 bits per heavy atom. The van der Waals surface area contributed by atoms with Crippen molar-refractivity contribution in [3.63, 3.8) is 0 Å². The van der Waals surface area contributed by atoms with Gasteiger partial charge in [0.25, 0.3) is 0 Å². The van der Waals surface area contributed by atoms with Crippen molar-refractivity contribution >= 4 is 5.69 Å². The van der Waals surface area contributed by atoms with Gasteiger partial charge in [0.1, 0.15) is 0 Å². The number of nitrogens with two attached hydrogens (primary N) is 2. The minimum absolute atomic E-state index is 0.822. The van der Waals surface area contributed by atoms with Crippen LogP contribution in [0.1, 0.15) is 0 Å². The second kappa shape index (κ2) is 5.70. The molecule has 62 valence electrons. The van der Waals surface area contributed by atoms with Crippen molar-refractivity contribution in [2.45, 2.75) is 0 Å². The first-order chi connectivity index (χ1) is 5.13. The lowest BCUT2D eigenvalue weighted by atomic mass is 10.3. The van der Waals surface area contributed by atoms with Crippen molar-refractivity contribution in [3.8, 4) is 0 Å². The average Bonchev–Trinajstić information content (AvgIpc) is 1.87. The molecular formula is C8H15N3. The number of para-hydroxylation sites is 1. The number of hydrogen-bond donors (Lipinski definition) is 2. The van der Waals surface area contributed by atoms with Crippen LogP contribution in [0.3, 0.4) is 0 Å². The number of hydrogen-bond acceptors (Lipinski definition) is 3. The second-order valence-corrected chi connectivity index (χ2v) is 2.37. The highest BCUT2D eigenvalue weighted by molar-refractivity contribution is 5.35. The predicted octanol–water partition coefficient (Wildman–Crippen LogP) is 0.690. The van der Waals surface area contributed by atoms with Crippen molar-refractivity contribution in [3.05, 3.63) is 30.3 Å². The Hall–Kier alpha value is -1.06. The van der Waals surface area contributed by atoms with Crippen LogP contribution in [0.2, 0.25) is 0 Å². The van der Waals surface area contributed by atoms with Crippen LogP contribution < -0.4 is 11.6 Å². The van der Waals surface area contributed by atoms with Crippen LogP contribution in [-0.4, -0.2) is 19.1 Å². The SMILES string of the molecule is CN(C)N.Nc1ccccc1. The first-order valence-electron chi connectivity index (χ1n) is 3.35. The van der Waals surface area contributed by atoms with E-state index in [-0.39, 0.29) is 0 Å². The molecule has 1 aromatic carbocycles. The van der Waals surface area contributed by atoms with Gasteiger partial charge in [0, 0.05) is 19.8 Å². The fourth-order valence-corrected chi connectivity index (χ4v) is 0.453. The summed E-state index contributed by atoms with van der Waals surface area (Å²) >= 11 is 0. The van der Waals surface area contributed by atoms with Gasteiger partial charge in [-0.1, -0.05) is 18.2 Å². The summed E-state index contributed by atoms with van der Waals surface area (Å²) in [5.41, 5.74) is 6.18. The van der Waals surface area contributed by atoms with Crippen LogP contribution in [0.5, 0.6) is 0 Å². The zero-order valence-electron chi connectivity index (χ0n) is 6.99. The third-order valence-electron chi connectivity index (χ3n) is 0.800. The molecule has 0 spiro atoms. The Morgan fingerprint density at radius 3 is 1.64 bits per heavy atom. The van der Waals surface area contributed by atoms with E-state index in [2.05, 4.69) is 0 Å². The maximum Gasteiger partial charge on any atom is 0.0313 e. The van der Waals surface area contributed by atoms with E-state index in [4.69, 9.17) is 11.6 Å². The van der Waals surface area contributed by atoms with Gasteiger partial charge < -0.3 is 5.73 Å². The van der Waals surface area contributed by atoms with E-state index in [9.17, 15) is 0 Å². The standard InChI is InChI=1S/C6H7N.C2H8N2/c7-6-4-2-1-3-5-6;1-4(2)3/h1-5H,7H2;3H2,1-2H3. The Kier molecular flexibility index (Phi) is 5.15. The second-order valence-electron chi connectivity index (χ2n) is 2.37. The van der Waals surface area contributed by atoms with Gasteiger partial charge in [-0.25, -0.2) is 0 Å². The molecule has 0 aliphatic carbocycles. The van der Waals surface area contributed by atoms with E-state index in [1.165, 1.54) is 5.01 Å². The molecule has 0 saturated carbocycles. The van der Waals surface area contributed by atoms with Crippen LogP contribution in [0.25, 0.3) is 0 Å². The van der Waals surface area contributed by atoms with Gasteiger partial charge in [0.05, 0.1) is 0 Å². The molecule has 0 atom stereocenters. The monoisotopic (exact) mass is 153 g/mol. The number of nitrogen functional groups attached to an aromatic ring is 1. The van der Waals surface area contributed by atoms with Crippen LogP contribution in [0.4, 0.5) is 5.69 Å². The first-order valence-corrected chi connectivity index (χ1v) is 3.35. The predicted molar refractivity (Wildman–Crippen MR) is 48.7 cm³/mol. The van der Waals surface area contributed by atoms with E-state index < -0.39 is 0 Å². The molecule has 0 bridgehead atoms. The fraction of sp³-hybridized carbons (Fsp3) is 0.250. The zero-order chi connectivity index (χ0) is 8.69. The maximum atomic E-state index is 5.36. The molecule has 0 radical (unpaired) electrons. The van der Waals surface area contributed by atoms with Crippen LogP contribution >= 0.6 is 0 Å². The Balaban J connectivity index is 0.000000218. The third kappa shape index (κ3) is 8.94. The molecule has 0 aromatic heterocycles. The van der Waals surface area contributed by atoms with Gasteiger partial charge in [0.15, 0.2) is 0 Å². The summed E-state index contributed by atoms with van der Waals surface area (Å²) in [6, 6.07) is 9.49. The van der Waals surface area contributed by atoms with E-state index in [1.54, 1.807) is 14.1 Å². The molecule has 4 N–H and O–H groups in total. The topological polar surface area (TPSA) is 55.3 Å². The van der Waals surface area contributed by atoms with Crippen molar-refractivity contribution in [2.75, 3.05) is 19.8 Å². The molecule has 0 amide bonds. The lowest BCUT2D eigenvalue weighted by molar-refractivity contribution is 0.432. The van der Waals surface area contributed by atoms with Crippen molar-refractivity contribution in [1.82, 2.24) is 5.01 Å². The molecule has 3 nitrogen and oxygen atoms in total. The highest BCUT2D eigenvalue weighted by atomic mass is 15.4. The molecule has 0 saturated heterocycles. The van der Waals surface area contributed by atoms with Gasteiger partial charge in [-0.15, -0.1) is 0 Å². The quantitative estimate of drug-likeness (QED) is 0.327. The Bertz CT molecular complexity index is 169. The summed E-state index contributed by atoms with van der Waals surface area (Å²) in [5.74, 6) is 4.94. The number of hydrazine groups is 1. The normalized spacial score (nSPS) is 8.73. The summed E-state index contributed by atoms with van der Waals surface area (Å²) in [7, 11) is 3.56. The van der Waals surface area contributed by atoms with Crippen LogP contribution in [0.15, 0.2) is 30.3 Å². The van der Waals surface area contributed by atoms with Gasteiger partial charge in [-0.05, 0) is 12.1 Å². The van der Waals surface area contributed by atoms with Crippen molar-refractivity contribution in [1.29, 1.82) is 0 Å². The minimum atomic E-state index is 0.822. The van der Waals surface area contributed by atoms with Gasteiger partial charge in [-0.3, -0.25) is 10.9 Å². The van der Waals surface area contributed by atoms with Crippen molar-refractivity contribution < 1.29 is 0 Å². The van der Waals surface area contributed by atoms with Crippen LogP contribution in [0, 0.1) is 0 Å². The lowest BCUT2D eigenvalue weighted by Gasteiger charge is -1.91. The molecular weight excluding hydrogens is 138 g/mol. The average molecular weight is 153 g/mol. The summed E-state index contributed by atoms with van der Waals surface area (Å²) in [6.07, 6.45) is 0.